The Morgan fingerprint density at radius 3 is 2.62 bits per heavy atom. The van der Waals surface area contributed by atoms with Crippen LogP contribution in [-0.2, 0) is 9.53 Å². The first kappa shape index (κ1) is 18.1. The van der Waals surface area contributed by atoms with Crippen molar-refractivity contribution in [3.05, 3.63) is 34.1 Å². The van der Waals surface area contributed by atoms with Gasteiger partial charge < -0.3 is 9.64 Å². The zero-order chi connectivity index (χ0) is 15.8. The molecular weight excluding hydrogens is 339 g/mol. The van der Waals surface area contributed by atoms with Crippen LogP contribution in [0, 0.1) is 5.82 Å². The van der Waals surface area contributed by atoms with Crippen molar-refractivity contribution < 1.29 is 13.9 Å². The summed E-state index contributed by atoms with van der Waals surface area (Å²) in [6.45, 7) is 7.59. The van der Waals surface area contributed by atoms with Crippen molar-refractivity contribution in [1.82, 2.24) is 10.2 Å². The van der Waals surface area contributed by atoms with Gasteiger partial charge in [-0.25, -0.2) is 9.18 Å². The van der Waals surface area contributed by atoms with E-state index in [1.54, 1.807) is 6.07 Å². The minimum atomic E-state index is -0.611. The van der Waals surface area contributed by atoms with Crippen molar-refractivity contribution >= 4 is 21.9 Å². The van der Waals surface area contributed by atoms with Gasteiger partial charge in [0.15, 0.2) is 0 Å². The molecule has 1 aromatic rings. The van der Waals surface area contributed by atoms with E-state index < -0.39 is 6.04 Å². The number of methoxy groups -OCH3 is 1. The average Bonchev–Trinajstić information content (AvgIpc) is 2.48. The standard InChI is InChI=1S/C15H22BrFN2O2/c1-4-19(5-2)9-8-18-14(15(20)21-3)12-7-6-11(17)10-13(12)16/h6-7,10,14,18H,4-5,8-9H2,1-3H3. The number of nitrogens with one attached hydrogen (secondary N) is 1. The third-order valence-electron chi connectivity index (χ3n) is 3.38. The van der Waals surface area contributed by atoms with E-state index in [4.69, 9.17) is 4.74 Å². The Morgan fingerprint density at radius 1 is 1.43 bits per heavy atom. The lowest BCUT2D eigenvalue weighted by molar-refractivity contribution is -0.143. The minimum Gasteiger partial charge on any atom is -0.468 e. The lowest BCUT2D eigenvalue weighted by Gasteiger charge is -2.22. The molecule has 0 aromatic heterocycles. The predicted octanol–water partition coefficient (Wildman–Crippen LogP) is 2.73. The zero-order valence-electron chi connectivity index (χ0n) is 12.7. The molecule has 0 heterocycles. The molecule has 1 rings (SSSR count). The highest BCUT2D eigenvalue weighted by atomic mass is 79.9. The van der Waals surface area contributed by atoms with Crippen LogP contribution in [0.15, 0.2) is 22.7 Å². The van der Waals surface area contributed by atoms with Crippen LogP contribution in [0.3, 0.4) is 0 Å². The Kier molecular flexibility index (Phi) is 7.85. The van der Waals surface area contributed by atoms with E-state index in [9.17, 15) is 9.18 Å². The van der Waals surface area contributed by atoms with Crippen LogP contribution in [0.5, 0.6) is 0 Å². The normalized spacial score (nSPS) is 12.5. The molecule has 21 heavy (non-hydrogen) atoms. The van der Waals surface area contributed by atoms with Crippen LogP contribution in [0.25, 0.3) is 0 Å². The molecule has 0 aliphatic heterocycles. The molecular formula is C15H22BrFN2O2. The third-order valence-corrected chi connectivity index (χ3v) is 4.07. The molecule has 4 nitrogen and oxygen atoms in total. The number of hydrogen-bond acceptors (Lipinski definition) is 4. The first-order valence-electron chi connectivity index (χ1n) is 7.01. The number of benzene rings is 1. The summed E-state index contributed by atoms with van der Waals surface area (Å²) < 4.78 is 18.6. The second-order valence-electron chi connectivity index (χ2n) is 4.60. The molecule has 0 aliphatic rings. The van der Waals surface area contributed by atoms with Gasteiger partial charge in [-0.1, -0.05) is 35.8 Å². The van der Waals surface area contributed by atoms with E-state index in [0.29, 0.717) is 16.6 Å². The summed E-state index contributed by atoms with van der Waals surface area (Å²) in [5.74, 6) is -0.737. The Morgan fingerprint density at radius 2 is 2.10 bits per heavy atom. The highest BCUT2D eigenvalue weighted by Crippen LogP contribution is 2.25. The Hall–Kier alpha value is -0.980. The quantitative estimate of drug-likeness (QED) is 0.723. The SMILES string of the molecule is CCN(CC)CCNC(C(=O)OC)c1ccc(F)cc1Br. The van der Waals surface area contributed by atoms with Crippen LogP contribution in [-0.4, -0.2) is 44.2 Å². The summed E-state index contributed by atoms with van der Waals surface area (Å²) in [6, 6.07) is 3.66. The van der Waals surface area contributed by atoms with E-state index in [2.05, 4.69) is 40.0 Å². The fourth-order valence-corrected chi connectivity index (χ4v) is 2.66. The van der Waals surface area contributed by atoms with Gasteiger partial charge in [0, 0.05) is 17.6 Å². The number of halogens is 2. The first-order valence-corrected chi connectivity index (χ1v) is 7.81. The van der Waals surface area contributed by atoms with E-state index in [1.807, 2.05) is 0 Å². The van der Waals surface area contributed by atoms with Crippen molar-refractivity contribution in [3.8, 4) is 0 Å². The summed E-state index contributed by atoms with van der Waals surface area (Å²) >= 11 is 3.30. The van der Waals surface area contributed by atoms with Gasteiger partial charge >= 0.3 is 5.97 Å². The van der Waals surface area contributed by atoms with Crippen molar-refractivity contribution in [3.63, 3.8) is 0 Å². The number of ether oxygens (including phenoxy) is 1. The summed E-state index contributed by atoms with van der Waals surface area (Å²) in [4.78, 5) is 14.2. The van der Waals surface area contributed by atoms with E-state index >= 15 is 0 Å². The Bertz CT molecular complexity index is 467. The number of carbonyl (C=O) groups excluding carboxylic acids is 1. The molecule has 6 heteroatoms. The largest absolute Gasteiger partial charge is 0.468 e. The smallest absolute Gasteiger partial charge is 0.327 e. The van der Waals surface area contributed by atoms with Gasteiger partial charge in [-0.05, 0) is 30.8 Å². The molecule has 0 bridgehead atoms. The molecule has 1 aromatic carbocycles. The number of esters is 1. The third kappa shape index (κ3) is 5.37. The molecule has 1 atom stereocenters. The maximum absolute atomic E-state index is 13.2. The molecule has 0 fully saturated rings. The molecule has 0 spiro atoms. The monoisotopic (exact) mass is 360 g/mol. The topological polar surface area (TPSA) is 41.6 Å². The van der Waals surface area contributed by atoms with Gasteiger partial charge in [0.1, 0.15) is 11.9 Å². The van der Waals surface area contributed by atoms with Crippen LogP contribution in [0.2, 0.25) is 0 Å². The maximum Gasteiger partial charge on any atom is 0.327 e. The molecule has 0 aliphatic carbocycles. The van der Waals surface area contributed by atoms with Gasteiger partial charge in [-0.3, -0.25) is 5.32 Å². The van der Waals surface area contributed by atoms with Crippen LogP contribution in [0.4, 0.5) is 4.39 Å². The van der Waals surface area contributed by atoms with Crippen LogP contribution in [0.1, 0.15) is 25.5 Å². The summed E-state index contributed by atoms with van der Waals surface area (Å²) in [5, 5.41) is 3.18. The second kappa shape index (κ2) is 9.12. The minimum absolute atomic E-state index is 0.350. The second-order valence-corrected chi connectivity index (χ2v) is 5.46. The molecule has 0 radical (unpaired) electrons. The molecule has 1 N–H and O–H groups in total. The number of nitrogens with zero attached hydrogens (tertiary/aromatic N) is 1. The molecule has 118 valence electrons. The number of rotatable bonds is 8. The van der Waals surface area contributed by atoms with Gasteiger partial charge in [0.05, 0.1) is 7.11 Å². The summed E-state index contributed by atoms with van der Waals surface area (Å²) in [7, 11) is 1.35. The van der Waals surface area contributed by atoms with Crippen molar-refractivity contribution in [1.29, 1.82) is 0 Å². The zero-order valence-corrected chi connectivity index (χ0v) is 14.2. The predicted molar refractivity (Wildman–Crippen MR) is 84.6 cm³/mol. The van der Waals surface area contributed by atoms with Crippen molar-refractivity contribution in [2.75, 3.05) is 33.3 Å². The van der Waals surface area contributed by atoms with Crippen LogP contribution >= 0.6 is 15.9 Å². The van der Waals surface area contributed by atoms with Crippen molar-refractivity contribution in [2.45, 2.75) is 19.9 Å². The van der Waals surface area contributed by atoms with Gasteiger partial charge in [0.25, 0.3) is 0 Å². The summed E-state index contributed by atoms with van der Waals surface area (Å²) in [5.41, 5.74) is 0.669. The lowest BCUT2D eigenvalue weighted by atomic mass is 10.1. The van der Waals surface area contributed by atoms with Gasteiger partial charge in [-0.2, -0.15) is 0 Å². The summed E-state index contributed by atoms with van der Waals surface area (Å²) in [6.07, 6.45) is 0. The Balaban J connectivity index is 2.79. The van der Waals surface area contributed by atoms with E-state index in [-0.39, 0.29) is 11.8 Å². The highest BCUT2D eigenvalue weighted by Gasteiger charge is 2.23. The Labute approximate surface area is 133 Å². The van der Waals surface area contributed by atoms with E-state index in [1.165, 1.54) is 19.2 Å². The molecule has 0 saturated carbocycles. The van der Waals surface area contributed by atoms with E-state index in [0.717, 1.165) is 19.6 Å². The fourth-order valence-electron chi connectivity index (χ4n) is 2.08. The number of carbonyl (C=O) groups is 1. The first-order chi connectivity index (χ1) is 10.0. The maximum atomic E-state index is 13.2. The van der Waals surface area contributed by atoms with Crippen LogP contribution < -0.4 is 5.32 Å². The van der Waals surface area contributed by atoms with Crippen molar-refractivity contribution in [2.24, 2.45) is 0 Å². The number of likely N-dealkylation sites (N-methyl/N-ethyl adjacent to an activating group) is 1. The average molecular weight is 361 g/mol. The number of hydrogen-bond donors (Lipinski definition) is 1. The lowest BCUT2D eigenvalue weighted by Crippen LogP contribution is -2.37. The molecule has 0 saturated heterocycles. The molecule has 0 amide bonds. The fraction of sp³-hybridized carbons (Fsp3) is 0.533. The van der Waals surface area contributed by atoms with Gasteiger partial charge in [0.2, 0.25) is 0 Å². The highest BCUT2D eigenvalue weighted by molar-refractivity contribution is 9.10. The molecule has 1 unspecified atom stereocenters. The van der Waals surface area contributed by atoms with Gasteiger partial charge in [-0.15, -0.1) is 0 Å².